The van der Waals surface area contributed by atoms with Crippen molar-refractivity contribution in [1.29, 1.82) is 0 Å². The van der Waals surface area contributed by atoms with Gasteiger partial charge in [-0.25, -0.2) is 0 Å². The van der Waals surface area contributed by atoms with Crippen LogP contribution in [0, 0.1) is 0 Å². The summed E-state index contributed by atoms with van der Waals surface area (Å²) in [4.78, 5) is 11.5. The van der Waals surface area contributed by atoms with Gasteiger partial charge in [-0.15, -0.1) is 0 Å². The van der Waals surface area contributed by atoms with E-state index in [-0.39, 0.29) is 0 Å². The van der Waals surface area contributed by atoms with Crippen LogP contribution in [0.25, 0.3) is 0 Å². The number of ether oxygens (including phenoxy) is 1. The lowest BCUT2D eigenvalue weighted by molar-refractivity contribution is -0.138. The average molecular weight is 291 g/mol. The lowest BCUT2D eigenvalue weighted by Gasteiger charge is -2.14. The van der Waals surface area contributed by atoms with Crippen LogP contribution in [-0.2, 0) is 11.2 Å². The Balaban J connectivity index is 2.29. The van der Waals surface area contributed by atoms with Gasteiger partial charge in [0.05, 0.1) is 13.0 Å². The van der Waals surface area contributed by atoms with E-state index in [1.54, 1.807) is 43.5 Å². The minimum Gasteiger partial charge on any atom is -0.497 e. The Morgan fingerprint density at radius 3 is 2.65 bits per heavy atom. The highest BCUT2D eigenvalue weighted by Crippen LogP contribution is 2.25. The summed E-state index contributed by atoms with van der Waals surface area (Å²) >= 11 is 5.93. The summed E-state index contributed by atoms with van der Waals surface area (Å²) in [6.45, 7) is 0. The van der Waals surface area contributed by atoms with Gasteiger partial charge < -0.3 is 9.84 Å². The lowest BCUT2D eigenvalue weighted by Crippen LogP contribution is -2.14. The van der Waals surface area contributed by atoms with E-state index < -0.39 is 11.9 Å². The summed E-state index contributed by atoms with van der Waals surface area (Å²) in [5.41, 5.74) is 1.62. The molecule has 1 N–H and O–H groups in total. The molecule has 2 aromatic carbocycles. The van der Waals surface area contributed by atoms with Crippen LogP contribution in [0.3, 0.4) is 0 Å². The third-order valence-corrected chi connectivity index (χ3v) is 3.36. The molecule has 104 valence electrons. The van der Waals surface area contributed by atoms with Crippen LogP contribution in [0.15, 0.2) is 48.5 Å². The van der Waals surface area contributed by atoms with Crippen LogP contribution < -0.4 is 4.74 Å². The first-order chi connectivity index (χ1) is 9.60. The summed E-state index contributed by atoms with van der Waals surface area (Å²) in [5.74, 6) is -0.832. The van der Waals surface area contributed by atoms with E-state index in [0.29, 0.717) is 17.2 Å². The van der Waals surface area contributed by atoms with Crippen molar-refractivity contribution in [2.45, 2.75) is 12.3 Å². The second kappa shape index (κ2) is 6.44. The minimum atomic E-state index is -0.863. The van der Waals surface area contributed by atoms with Crippen LogP contribution >= 0.6 is 11.6 Å². The van der Waals surface area contributed by atoms with Gasteiger partial charge in [-0.05, 0) is 41.8 Å². The minimum absolute atomic E-state index is 0.392. The Morgan fingerprint density at radius 1 is 1.25 bits per heavy atom. The smallest absolute Gasteiger partial charge is 0.311 e. The maximum absolute atomic E-state index is 11.5. The average Bonchev–Trinajstić information content (AvgIpc) is 2.44. The van der Waals surface area contributed by atoms with Crippen molar-refractivity contribution >= 4 is 17.6 Å². The predicted octanol–water partition coefficient (Wildman–Crippen LogP) is 3.76. The summed E-state index contributed by atoms with van der Waals surface area (Å²) in [6.07, 6.45) is 0.392. The van der Waals surface area contributed by atoms with Crippen molar-refractivity contribution in [3.05, 3.63) is 64.7 Å². The molecule has 20 heavy (non-hydrogen) atoms. The SMILES string of the molecule is COc1cccc(C(Cc2cccc(Cl)c2)C(=O)O)c1. The molecule has 0 fully saturated rings. The van der Waals surface area contributed by atoms with Crippen molar-refractivity contribution in [2.75, 3.05) is 7.11 Å². The first-order valence-corrected chi connectivity index (χ1v) is 6.59. The molecular formula is C16H15ClO3. The second-order valence-electron chi connectivity index (χ2n) is 4.50. The van der Waals surface area contributed by atoms with E-state index in [2.05, 4.69) is 0 Å². The molecule has 2 aromatic rings. The van der Waals surface area contributed by atoms with Crippen LogP contribution in [0.5, 0.6) is 5.75 Å². The van der Waals surface area contributed by atoms with Gasteiger partial charge >= 0.3 is 5.97 Å². The van der Waals surface area contributed by atoms with E-state index in [0.717, 1.165) is 11.1 Å². The molecule has 1 atom stereocenters. The van der Waals surface area contributed by atoms with Gasteiger partial charge in [0.1, 0.15) is 5.75 Å². The molecule has 0 aromatic heterocycles. The number of methoxy groups -OCH3 is 1. The summed E-state index contributed by atoms with van der Waals surface area (Å²) < 4.78 is 5.14. The third-order valence-electron chi connectivity index (χ3n) is 3.12. The molecule has 0 aliphatic rings. The van der Waals surface area contributed by atoms with Crippen molar-refractivity contribution in [2.24, 2.45) is 0 Å². The van der Waals surface area contributed by atoms with Gasteiger partial charge in [-0.2, -0.15) is 0 Å². The standard InChI is InChI=1S/C16H15ClO3/c1-20-14-7-3-5-12(10-14)15(16(18)19)9-11-4-2-6-13(17)8-11/h2-8,10,15H,9H2,1H3,(H,18,19). The monoisotopic (exact) mass is 290 g/mol. The number of carboxylic acid groups (broad SMARTS) is 1. The van der Waals surface area contributed by atoms with Crippen LogP contribution in [0.2, 0.25) is 5.02 Å². The topological polar surface area (TPSA) is 46.5 Å². The van der Waals surface area contributed by atoms with E-state index in [1.165, 1.54) is 0 Å². The van der Waals surface area contributed by atoms with Gasteiger partial charge in [-0.1, -0.05) is 35.9 Å². The predicted molar refractivity (Wildman–Crippen MR) is 78.5 cm³/mol. The summed E-state index contributed by atoms with van der Waals surface area (Å²) in [6, 6.07) is 14.4. The second-order valence-corrected chi connectivity index (χ2v) is 4.94. The Kier molecular flexibility index (Phi) is 4.64. The molecule has 0 amide bonds. The summed E-state index contributed by atoms with van der Waals surface area (Å²) in [5, 5.41) is 10.1. The van der Waals surface area contributed by atoms with Crippen LogP contribution in [0.1, 0.15) is 17.0 Å². The number of carboxylic acids is 1. The number of rotatable bonds is 5. The molecule has 3 nitrogen and oxygen atoms in total. The Labute approximate surface area is 122 Å². The molecular weight excluding hydrogens is 276 g/mol. The number of halogens is 1. The van der Waals surface area contributed by atoms with Crippen molar-refractivity contribution in [3.63, 3.8) is 0 Å². The summed E-state index contributed by atoms with van der Waals surface area (Å²) in [7, 11) is 1.56. The highest BCUT2D eigenvalue weighted by molar-refractivity contribution is 6.30. The highest BCUT2D eigenvalue weighted by atomic mass is 35.5. The van der Waals surface area contributed by atoms with Gasteiger partial charge in [-0.3, -0.25) is 4.79 Å². The molecule has 4 heteroatoms. The number of hydrogen-bond donors (Lipinski definition) is 1. The Bertz CT molecular complexity index is 610. The molecule has 0 bridgehead atoms. The quantitative estimate of drug-likeness (QED) is 0.912. The number of aliphatic carboxylic acids is 1. The molecule has 0 radical (unpaired) electrons. The van der Waals surface area contributed by atoms with E-state index in [9.17, 15) is 9.90 Å². The molecule has 2 rings (SSSR count). The maximum Gasteiger partial charge on any atom is 0.311 e. The van der Waals surface area contributed by atoms with Crippen LogP contribution in [-0.4, -0.2) is 18.2 Å². The Morgan fingerprint density at radius 2 is 2.00 bits per heavy atom. The fraction of sp³-hybridized carbons (Fsp3) is 0.188. The van der Waals surface area contributed by atoms with Crippen molar-refractivity contribution in [3.8, 4) is 5.75 Å². The number of hydrogen-bond acceptors (Lipinski definition) is 2. The van der Waals surface area contributed by atoms with Gasteiger partial charge in [0.15, 0.2) is 0 Å². The molecule has 0 heterocycles. The molecule has 0 aliphatic heterocycles. The molecule has 0 aliphatic carbocycles. The number of benzene rings is 2. The van der Waals surface area contributed by atoms with Gasteiger partial charge in [0, 0.05) is 5.02 Å². The highest BCUT2D eigenvalue weighted by Gasteiger charge is 2.20. The molecule has 0 spiro atoms. The van der Waals surface area contributed by atoms with Gasteiger partial charge in [0.2, 0.25) is 0 Å². The third kappa shape index (κ3) is 3.52. The Hall–Kier alpha value is -2.00. The zero-order valence-corrected chi connectivity index (χ0v) is 11.8. The molecule has 0 saturated carbocycles. The molecule has 0 saturated heterocycles. The van der Waals surface area contributed by atoms with Gasteiger partial charge in [0.25, 0.3) is 0 Å². The van der Waals surface area contributed by atoms with E-state index >= 15 is 0 Å². The van der Waals surface area contributed by atoms with Crippen molar-refractivity contribution in [1.82, 2.24) is 0 Å². The largest absolute Gasteiger partial charge is 0.497 e. The normalized spacial score (nSPS) is 11.9. The first kappa shape index (κ1) is 14.4. The van der Waals surface area contributed by atoms with E-state index in [1.807, 2.05) is 12.1 Å². The fourth-order valence-corrected chi connectivity index (χ4v) is 2.32. The van der Waals surface area contributed by atoms with Crippen molar-refractivity contribution < 1.29 is 14.6 Å². The van der Waals surface area contributed by atoms with E-state index in [4.69, 9.17) is 16.3 Å². The van der Waals surface area contributed by atoms with Crippen LogP contribution in [0.4, 0.5) is 0 Å². The maximum atomic E-state index is 11.5. The zero-order valence-electron chi connectivity index (χ0n) is 11.0. The first-order valence-electron chi connectivity index (χ1n) is 6.21. The molecule has 1 unspecified atom stereocenters. The number of carbonyl (C=O) groups is 1. The lowest BCUT2D eigenvalue weighted by atomic mass is 9.92. The zero-order chi connectivity index (χ0) is 14.5. The fourth-order valence-electron chi connectivity index (χ4n) is 2.11.